The van der Waals surface area contributed by atoms with Crippen LogP contribution in [0.2, 0.25) is 0 Å². The molecule has 6 rings (SSSR count). The van der Waals surface area contributed by atoms with E-state index < -0.39 is 0 Å². The van der Waals surface area contributed by atoms with Gasteiger partial charge in [0.05, 0.1) is 28.6 Å². The highest BCUT2D eigenvalue weighted by atomic mass is 32.1. The van der Waals surface area contributed by atoms with Crippen LogP contribution in [0.15, 0.2) is 36.5 Å². The van der Waals surface area contributed by atoms with E-state index in [1.165, 1.54) is 11.3 Å². The van der Waals surface area contributed by atoms with Crippen molar-refractivity contribution < 1.29 is 13.9 Å². The molecule has 2 aromatic heterocycles. The van der Waals surface area contributed by atoms with Gasteiger partial charge in [-0.2, -0.15) is 0 Å². The van der Waals surface area contributed by atoms with Crippen molar-refractivity contribution in [2.45, 2.75) is 37.8 Å². The van der Waals surface area contributed by atoms with Gasteiger partial charge in [0, 0.05) is 29.9 Å². The number of hydrogen-bond acceptors (Lipinski definition) is 6. The standard InChI is InChI=1S/C27H30FN5O2S/c1-32-10-7-17(8-11-32)30-26(34)19-13-25-23(14-24(19)35-2)33-15-22(31-27(33)36-25)18-6-5-16(12-20(18)28)21-4-3-9-29-21/h5-6,12-15,17,21,29H,3-4,7-11H2,1-2H3,(H,30,34)/t21-/m1/s1. The van der Waals surface area contributed by atoms with Crippen molar-refractivity contribution in [3.05, 3.63) is 53.5 Å². The van der Waals surface area contributed by atoms with Crippen molar-refractivity contribution in [3.8, 4) is 17.0 Å². The number of nitrogens with zero attached hydrogens (tertiary/aromatic N) is 3. The van der Waals surface area contributed by atoms with Gasteiger partial charge < -0.3 is 20.3 Å². The predicted octanol–water partition coefficient (Wildman–Crippen LogP) is 4.61. The van der Waals surface area contributed by atoms with Crippen LogP contribution in [0.3, 0.4) is 0 Å². The molecule has 1 amide bonds. The Labute approximate surface area is 213 Å². The number of piperidine rings is 1. The quantitative estimate of drug-likeness (QED) is 0.413. The summed E-state index contributed by atoms with van der Waals surface area (Å²) in [5.74, 6) is 0.137. The minimum atomic E-state index is -0.262. The van der Waals surface area contributed by atoms with Gasteiger partial charge in [-0.1, -0.05) is 17.4 Å². The molecule has 9 heteroatoms. The highest BCUT2D eigenvalue weighted by Gasteiger charge is 2.23. The first-order chi connectivity index (χ1) is 17.5. The lowest BCUT2D eigenvalue weighted by atomic mass is 10.0. The highest BCUT2D eigenvalue weighted by Crippen LogP contribution is 2.35. The molecule has 2 N–H and O–H groups in total. The average molecular weight is 508 g/mol. The molecule has 0 aliphatic carbocycles. The van der Waals surface area contributed by atoms with Gasteiger partial charge in [0.15, 0.2) is 4.96 Å². The van der Waals surface area contributed by atoms with E-state index in [0.717, 1.165) is 66.1 Å². The summed E-state index contributed by atoms with van der Waals surface area (Å²) in [6.45, 7) is 2.93. The lowest BCUT2D eigenvalue weighted by Gasteiger charge is -2.29. The summed E-state index contributed by atoms with van der Waals surface area (Å²) in [4.78, 5) is 20.8. The van der Waals surface area contributed by atoms with E-state index >= 15 is 4.39 Å². The van der Waals surface area contributed by atoms with Crippen LogP contribution in [-0.4, -0.2) is 60.0 Å². The topological polar surface area (TPSA) is 70.9 Å². The minimum Gasteiger partial charge on any atom is -0.496 e. The lowest BCUT2D eigenvalue weighted by Crippen LogP contribution is -2.43. The summed E-state index contributed by atoms with van der Waals surface area (Å²) in [5, 5.41) is 6.59. The third-order valence-electron chi connectivity index (χ3n) is 7.45. The van der Waals surface area contributed by atoms with Crippen LogP contribution >= 0.6 is 11.3 Å². The number of fused-ring (bicyclic) bond motifs is 3. The van der Waals surface area contributed by atoms with E-state index in [0.29, 0.717) is 22.6 Å². The third kappa shape index (κ3) is 4.25. The summed E-state index contributed by atoms with van der Waals surface area (Å²) < 4.78 is 23.6. The largest absolute Gasteiger partial charge is 0.496 e. The molecule has 36 heavy (non-hydrogen) atoms. The fraction of sp³-hybridized carbons (Fsp3) is 0.407. The zero-order valence-electron chi connectivity index (χ0n) is 20.5. The second-order valence-electron chi connectivity index (χ2n) is 9.84. The normalized spacial score (nSPS) is 19.4. The maximum atomic E-state index is 15.1. The third-order valence-corrected chi connectivity index (χ3v) is 8.46. The summed E-state index contributed by atoms with van der Waals surface area (Å²) in [6.07, 6.45) is 5.89. The average Bonchev–Trinajstić information content (AvgIpc) is 3.61. The molecule has 2 aliphatic rings. The number of benzene rings is 2. The first-order valence-corrected chi connectivity index (χ1v) is 13.3. The fourth-order valence-corrected chi connectivity index (χ4v) is 6.37. The summed E-state index contributed by atoms with van der Waals surface area (Å²) in [6, 6.07) is 9.59. The Bertz CT molecular complexity index is 1430. The number of nitrogens with one attached hydrogen (secondary N) is 2. The number of methoxy groups -OCH3 is 1. The summed E-state index contributed by atoms with van der Waals surface area (Å²) in [5.41, 5.74) is 3.47. The molecule has 2 saturated heterocycles. The number of hydrogen-bond donors (Lipinski definition) is 2. The van der Waals surface area contributed by atoms with Crippen LogP contribution in [0.25, 0.3) is 26.4 Å². The van der Waals surface area contributed by atoms with E-state index in [-0.39, 0.29) is 23.8 Å². The molecule has 0 radical (unpaired) electrons. The van der Waals surface area contributed by atoms with Crippen LogP contribution in [0.4, 0.5) is 4.39 Å². The number of carbonyl (C=O) groups excluding carboxylic acids is 1. The van der Waals surface area contributed by atoms with Gasteiger partial charge in [-0.25, -0.2) is 9.37 Å². The molecule has 7 nitrogen and oxygen atoms in total. The van der Waals surface area contributed by atoms with E-state index in [1.807, 2.05) is 34.9 Å². The molecular weight excluding hydrogens is 477 g/mol. The van der Waals surface area contributed by atoms with E-state index in [1.54, 1.807) is 13.2 Å². The smallest absolute Gasteiger partial charge is 0.255 e. The molecule has 1 atom stereocenters. The number of thiazole rings is 1. The van der Waals surface area contributed by atoms with E-state index in [9.17, 15) is 4.79 Å². The van der Waals surface area contributed by atoms with Gasteiger partial charge >= 0.3 is 0 Å². The van der Waals surface area contributed by atoms with Gasteiger partial charge in [0.25, 0.3) is 5.91 Å². The second-order valence-corrected chi connectivity index (χ2v) is 10.8. The van der Waals surface area contributed by atoms with E-state index in [4.69, 9.17) is 9.72 Å². The lowest BCUT2D eigenvalue weighted by molar-refractivity contribution is 0.0914. The Hall–Kier alpha value is -3.01. The molecule has 188 valence electrons. The number of imidazole rings is 1. The van der Waals surface area contributed by atoms with Crippen molar-refractivity contribution in [2.75, 3.05) is 33.8 Å². The van der Waals surface area contributed by atoms with E-state index in [2.05, 4.69) is 22.6 Å². The first-order valence-electron chi connectivity index (χ1n) is 12.5. The maximum absolute atomic E-state index is 15.1. The van der Waals surface area contributed by atoms with Crippen molar-refractivity contribution in [1.82, 2.24) is 24.9 Å². The number of aromatic nitrogens is 2. The Morgan fingerprint density at radius 3 is 2.78 bits per heavy atom. The van der Waals surface area contributed by atoms with Gasteiger partial charge in [-0.15, -0.1) is 0 Å². The number of amides is 1. The van der Waals surface area contributed by atoms with Gasteiger partial charge in [0.1, 0.15) is 11.6 Å². The number of halogens is 1. The Balaban J connectivity index is 1.30. The van der Waals surface area contributed by atoms with Crippen molar-refractivity contribution in [3.63, 3.8) is 0 Å². The second kappa shape index (κ2) is 9.46. The predicted molar refractivity (Wildman–Crippen MR) is 140 cm³/mol. The summed E-state index contributed by atoms with van der Waals surface area (Å²) in [7, 11) is 3.68. The van der Waals surface area contributed by atoms with Crippen molar-refractivity contribution in [2.24, 2.45) is 0 Å². The Morgan fingerprint density at radius 2 is 2.06 bits per heavy atom. The fourth-order valence-electron chi connectivity index (χ4n) is 5.34. The van der Waals surface area contributed by atoms with Gasteiger partial charge in [0.2, 0.25) is 0 Å². The molecule has 0 spiro atoms. The molecule has 2 aliphatic heterocycles. The molecule has 0 bridgehead atoms. The van der Waals surface area contributed by atoms with Crippen LogP contribution in [0, 0.1) is 5.82 Å². The zero-order valence-corrected chi connectivity index (χ0v) is 21.3. The number of rotatable bonds is 5. The number of ether oxygens (including phenoxy) is 1. The number of carbonyl (C=O) groups is 1. The molecule has 0 saturated carbocycles. The maximum Gasteiger partial charge on any atom is 0.255 e. The molecule has 2 aromatic carbocycles. The monoisotopic (exact) mass is 507 g/mol. The molecular formula is C27H30FN5O2S. The van der Waals surface area contributed by atoms with Crippen LogP contribution in [-0.2, 0) is 0 Å². The van der Waals surface area contributed by atoms with Crippen LogP contribution in [0.5, 0.6) is 5.75 Å². The molecule has 2 fully saturated rings. The SMILES string of the molecule is COc1cc2c(cc1C(=O)NC1CCN(C)CC1)sc1nc(-c3ccc([C@H]4CCCN4)cc3F)cn12. The van der Waals surface area contributed by atoms with Crippen LogP contribution in [0.1, 0.15) is 47.6 Å². The minimum absolute atomic E-state index is 0.117. The molecule has 4 heterocycles. The molecule has 4 aromatic rings. The van der Waals surface area contributed by atoms with Crippen LogP contribution < -0.4 is 15.4 Å². The summed E-state index contributed by atoms with van der Waals surface area (Å²) >= 11 is 1.48. The first kappa shape index (κ1) is 23.4. The Morgan fingerprint density at radius 1 is 1.22 bits per heavy atom. The molecule has 0 unspecified atom stereocenters. The van der Waals surface area contributed by atoms with Gasteiger partial charge in [-0.05, 0) is 76.1 Å². The van der Waals surface area contributed by atoms with Gasteiger partial charge in [-0.3, -0.25) is 9.20 Å². The number of likely N-dealkylation sites (tertiary alicyclic amines) is 1. The zero-order chi connectivity index (χ0) is 24.8. The van der Waals surface area contributed by atoms with Crippen molar-refractivity contribution >= 4 is 32.4 Å². The highest BCUT2D eigenvalue weighted by molar-refractivity contribution is 7.23. The van der Waals surface area contributed by atoms with Crippen molar-refractivity contribution in [1.29, 1.82) is 0 Å². The Kier molecular flexibility index (Phi) is 6.15.